The number of fused-ring (bicyclic) bond motifs is 1. The molecule has 0 saturated heterocycles. The summed E-state index contributed by atoms with van der Waals surface area (Å²) in [5.41, 5.74) is 8.52. The third-order valence-corrected chi connectivity index (χ3v) is 7.35. The lowest BCUT2D eigenvalue weighted by atomic mass is 10.1. The van der Waals surface area contributed by atoms with Gasteiger partial charge in [-0.15, -0.1) is 0 Å². The molecule has 1 amide bonds. The molecule has 10 heteroatoms. The topological polar surface area (TPSA) is 99.7 Å². The average molecular weight is 607 g/mol. The number of hydrazone groups is 1. The van der Waals surface area contributed by atoms with Crippen LogP contribution in [-0.4, -0.2) is 37.6 Å². The van der Waals surface area contributed by atoms with Gasteiger partial charge in [-0.05, 0) is 92.2 Å². The molecule has 0 saturated carbocycles. The van der Waals surface area contributed by atoms with E-state index < -0.39 is 5.91 Å². The van der Waals surface area contributed by atoms with Crippen LogP contribution in [0.3, 0.4) is 0 Å². The number of anilines is 1. The molecule has 0 bridgehead atoms. The molecule has 0 aliphatic carbocycles. The molecule has 45 heavy (non-hydrogen) atoms. The van der Waals surface area contributed by atoms with Gasteiger partial charge in [-0.2, -0.15) is 5.10 Å². The highest BCUT2D eigenvalue weighted by molar-refractivity contribution is 5.93. The summed E-state index contributed by atoms with van der Waals surface area (Å²) in [4.78, 5) is 14.7. The number of aromatic nitrogens is 1. The van der Waals surface area contributed by atoms with Crippen LogP contribution < -0.4 is 29.3 Å². The summed E-state index contributed by atoms with van der Waals surface area (Å²) in [5.74, 6) is 2.89. The van der Waals surface area contributed by atoms with Gasteiger partial charge in [-0.25, -0.2) is 5.43 Å². The van der Waals surface area contributed by atoms with E-state index >= 15 is 0 Å². The molecule has 3 heterocycles. The van der Waals surface area contributed by atoms with Crippen LogP contribution >= 0.6 is 0 Å². The van der Waals surface area contributed by atoms with E-state index in [0.29, 0.717) is 35.2 Å². The number of benzene rings is 3. The molecule has 5 aromatic rings. The Balaban J connectivity index is 1.05. The summed E-state index contributed by atoms with van der Waals surface area (Å²) >= 11 is 0. The summed E-state index contributed by atoms with van der Waals surface area (Å²) in [6, 6.07) is 26.8. The van der Waals surface area contributed by atoms with E-state index in [2.05, 4.69) is 41.1 Å². The van der Waals surface area contributed by atoms with Gasteiger partial charge in [0.1, 0.15) is 30.5 Å². The van der Waals surface area contributed by atoms with Crippen molar-refractivity contribution in [1.82, 2.24) is 9.99 Å². The Morgan fingerprint density at radius 2 is 1.67 bits per heavy atom. The summed E-state index contributed by atoms with van der Waals surface area (Å²) < 4.78 is 30.8. The van der Waals surface area contributed by atoms with Gasteiger partial charge in [0.25, 0.3) is 0 Å². The fraction of sp³-hybridized carbons (Fsp3) is 0.200. The zero-order valence-electron chi connectivity index (χ0n) is 25.6. The molecule has 0 atom stereocenters. The van der Waals surface area contributed by atoms with E-state index in [1.807, 2.05) is 79.7 Å². The third kappa shape index (κ3) is 6.80. The molecule has 0 spiro atoms. The van der Waals surface area contributed by atoms with Gasteiger partial charge < -0.3 is 32.8 Å². The lowest BCUT2D eigenvalue weighted by Gasteiger charge is -2.16. The summed E-state index contributed by atoms with van der Waals surface area (Å²) in [5, 5.41) is 4.15. The van der Waals surface area contributed by atoms with E-state index in [4.69, 9.17) is 23.4 Å². The van der Waals surface area contributed by atoms with Crippen LogP contribution in [0.4, 0.5) is 5.69 Å². The second kappa shape index (κ2) is 12.9. The van der Waals surface area contributed by atoms with Crippen molar-refractivity contribution in [3.05, 3.63) is 119 Å². The second-order valence-corrected chi connectivity index (χ2v) is 10.8. The van der Waals surface area contributed by atoms with Crippen molar-refractivity contribution in [1.29, 1.82) is 0 Å². The van der Waals surface area contributed by atoms with E-state index in [1.54, 1.807) is 18.3 Å². The van der Waals surface area contributed by atoms with E-state index in [1.165, 1.54) is 11.4 Å². The number of aryl methyl sites for hydroxylation is 2. The molecule has 1 aliphatic rings. The van der Waals surface area contributed by atoms with Crippen molar-refractivity contribution >= 4 is 17.8 Å². The molecule has 0 radical (unpaired) electrons. The summed E-state index contributed by atoms with van der Waals surface area (Å²) in [7, 11) is 3.91. The molecule has 0 fully saturated rings. The molecular weight excluding hydrogens is 572 g/mol. The van der Waals surface area contributed by atoms with Gasteiger partial charge in [-0.3, -0.25) is 4.79 Å². The number of hydrogen-bond donors (Lipinski definition) is 1. The fourth-order valence-corrected chi connectivity index (χ4v) is 4.94. The average Bonchev–Trinajstić information content (AvgIpc) is 3.79. The lowest BCUT2D eigenvalue weighted by molar-refractivity contribution is 0.0923. The minimum atomic E-state index is -0.480. The Kier molecular flexibility index (Phi) is 8.45. The van der Waals surface area contributed by atoms with Gasteiger partial charge in [0.15, 0.2) is 17.3 Å². The second-order valence-electron chi connectivity index (χ2n) is 10.8. The van der Waals surface area contributed by atoms with Crippen LogP contribution in [0.25, 0.3) is 5.69 Å². The predicted octanol–water partition coefficient (Wildman–Crippen LogP) is 6.40. The van der Waals surface area contributed by atoms with E-state index in [0.717, 1.165) is 22.7 Å². The Morgan fingerprint density at radius 1 is 0.889 bits per heavy atom. The molecule has 6 rings (SSSR count). The number of rotatable bonds is 11. The number of carbonyl (C=O) groups excluding carboxylic acids is 1. The zero-order valence-corrected chi connectivity index (χ0v) is 25.6. The first-order valence-corrected chi connectivity index (χ1v) is 14.5. The number of nitrogens with zero attached hydrogens (tertiary/aromatic N) is 3. The highest BCUT2D eigenvalue weighted by Gasteiger charge is 2.15. The molecule has 0 unspecified atom stereocenters. The van der Waals surface area contributed by atoms with Crippen LogP contribution in [0.2, 0.25) is 0 Å². The first kappa shape index (κ1) is 29.4. The largest absolute Gasteiger partial charge is 0.488 e. The highest BCUT2D eigenvalue weighted by Crippen LogP contribution is 2.33. The predicted molar refractivity (Wildman–Crippen MR) is 171 cm³/mol. The van der Waals surface area contributed by atoms with Crippen molar-refractivity contribution in [3.8, 4) is 28.7 Å². The Morgan fingerprint density at radius 3 is 2.44 bits per heavy atom. The third-order valence-electron chi connectivity index (χ3n) is 7.35. The lowest BCUT2D eigenvalue weighted by Crippen LogP contribution is -2.17. The monoisotopic (exact) mass is 606 g/mol. The SMILES string of the molecule is Cc1ccc(C)n1-c1ccc(OCc2ccc(C(=O)N/N=C/c3ccc(N(C)C)cc3OCc3ccc4c(c3)OCO4)o2)cc1. The van der Waals surface area contributed by atoms with Crippen LogP contribution in [0, 0.1) is 13.8 Å². The molecule has 1 aliphatic heterocycles. The van der Waals surface area contributed by atoms with Crippen LogP contribution in [0.15, 0.2) is 94.4 Å². The molecule has 10 nitrogen and oxygen atoms in total. The molecule has 2 aromatic heterocycles. The van der Waals surface area contributed by atoms with E-state index in [-0.39, 0.29) is 19.2 Å². The van der Waals surface area contributed by atoms with E-state index in [9.17, 15) is 4.79 Å². The number of ether oxygens (including phenoxy) is 4. The number of furan rings is 1. The van der Waals surface area contributed by atoms with Gasteiger partial charge in [-0.1, -0.05) is 6.07 Å². The van der Waals surface area contributed by atoms with Crippen LogP contribution in [0.5, 0.6) is 23.0 Å². The quantitative estimate of drug-likeness (QED) is 0.137. The Hall–Kier alpha value is -5.64. The van der Waals surface area contributed by atoms with Crippen LogP contribution in [-0.2, 0) is 13.2 Å². The summed E-state index contributed by atoms with van der Waals surface area (Å²) in [6.45, 7) is 4.86. The smallest absolute Gasteiger partial charge is 0.307 e. The van der Waals surface area contributed by atoms with Crippen molar-refractivity contribution in [2.45, 2.75) is 27.1 Å². The van der Waals surface area contributed by atoms with Crippen LogP contribution in [0.1, 0.15) is 38.8 Å². The molecular formula is C35H34N4O6. The standard InChI is InChI=1S/C35H34N4O6/c1-23-5-6-24(2)39(23)27-10-12-29(13-11-27)41-21-30-14-16-32(45-30)35(40)37-36-19-26-8-9-28(38(3)4)18-33(26)42-20-25-7-15-31-34(17-25)44-22-43-31/h5-19H,20-22H2,1-4H3,(H,37,40)/b36-19+. The molecule has 230 valence electrons. The Bertz CT molecular complexity index is 1820. The van der Waals surface area contributed by atoms with Gasteiger partial charge >= 0.3 is 5.91 Å². The van der Waals surface area contributed by atoms with Gasteiger partial charge in [0.2, 0.25) is 6.79 Å². The maximum absolute atomic E-state index is 12.7. The first-order valence-electron chi connectivity index (χ1n) is 14.5. The fourth-order valence-electron chi connectivity index (χ4n) is 4.94. The van der Waals surface area contributed by atoms with Crippen molar-refractivity contribution in [2.24, 2.45) is 5.10 Å². The zero-order chi connectivity index (χ0) is 31.3. The number of nitrogens with one attached hydrogen (secondary N) is 1. The first-order chi connectivity index (χ1) is 21.8. The Labute approximate surface area is 261 Å². The maximum Gasteiger partial charge on any atom is 0.307 e. The van der Waals surface area contributed by atoms with Crippen molar-refractivity contribution < 1.29 is 28.2 Å². The van der Waals surface area contributed by atoms with Crippen molar-refractivity contribution in [3.63, 3.8) is 0 Å². The molecule has 1 N–H and O–H groups in total. The van der Waals surface area contributed by atoms with Gasteiger partial charge in [0, 0.05) is 48.5 Å². The minimum absolute atomic E-state index is 0.127. The number of hydrogen-bond acceptors (Lipinski definition) is 8. The van der Waals surface area contributed by atoms with Gasteiger partial charge in [0.05, 0.1) is 6.21 Å². The highest BCUT2D eigenvalue weighted by atomic mass is 16.7. The number of carbonyl (C=O) groups is 1. The minimum Gasteiger partial charge on any atom is -0.488 e. The normalized spacial score (nSPS) is 12.0. The maximum atomic E-state index is 12.7. The molecule has 3 aromatic carbocycles. The van der Waals surface area contributed by atoms with Crippen molar-refractivity contribution in [2.75, 3.05) is 25.8 Å². The summed E-state index contributed by atoms with van der Waals surface area (Å²) in [6.07, 6.45) is 1.54. The number of amides is 1.